The van der Waals surface area contributed by atoms with Crippen LogP contribution in [-0.4, -0.2) is 0 Å². The topological polar surface area (TPSA) is 0 Å². The van der Waals surface area contributed by atoms with E-state index in [1.807, 2.05) is 0 Å². The summed E-state index contributed by atoms with van der Waals surface area (Å²) in [6.45, 7) is 3.30. The summed E-state index contributed by atoms with van der Waals surface area (Å²) in [6.07, 6.45) is -4.95. The van der Waals surface area contributed by atoms with E-state index >= 15 is 0 Å². The molecule has 3 aromatic rings. The van der Waals surface area contributed by atoms with E-state index in [0.29, 0.717) is 10.8 Å². The zero-order chi connectivity index (χ0) is 19.5. The van der Waals surface area contributed by atoms with Crippen molar-refractivity contribution in [3.63, 3.8) is 0 Å². The van der Waals surface area contributed by atoms with Gasteiger partial charge in [-0.3, -0.25) is 0 Å². The van der Waals surface area contributed by atoms with Gasteiger partial charge in [0.2, 0.25) is 0 Å². The molecule has 0 spiro atoms. The summed E-state index contributed by atoms with van der Waals surface area (Å²) in [5.74, 6) is -7.30. The van der Waals surface area contributed by atoms with Crippen LogP contribution in [0.1, 0.15) is 22.3 Å². The minimum atomic E-state index is -4.95. The van der Waals surface area contributed by atoms with Gasteiger partial charge in [0.25, 0.3) is 0 Å². The van der Waals surface area contributed by atoms with Gasteiger partial charge in [0, 0.05) is 11.1 Å². The number of hydrogen-bond donors (Lipinski definition) is 0. The normalized spacial score (nSPS) is 12.2. The standard InChI is InChI=1S/C18H11F7S/c1-6-9-4-26-5-10(9)7(2)13(18(23,24)25)11(6)12-14(19)8(3)15(20)17(22)16(12)21/h4-5H,1-3H3. The van der Waals surface area contributed by atoms with Crippen molar-refractivity contribution in [2.75, 3.05) is 0 Å². The molecule has 0 saturated heterocycles. The first-order chi connectivity index (χ1) is 12.0. The van der Waals surface area contributed by atoms with Crippen LogP contribution in [0.2, 0.25) is 0 Å². The Morgan fingerprint density at radius 2 is 1.19 bits per heavy atom. The van der Waals surface area contributed by atoms with Crippen molar-refractivity contribution in [2.24, 2.45) is 0 Å². The predicted octanol–water partition coefficient (Wildman–Crippen LogP) is 7.07. The highest BCUT2D eigenvalue weighted by Gasteiger charge is 2.40. The third kappa shape index (κ3) is 2.50. The van der Waals surface area contributed by atoms with Gasteiger partial charge in [-0.2, -0.15) is 24.5 Å². The maximum absolute atomic E-state index is 14.6. The Morgan fingerprint density at radius 1 is 0.654 bits per heavy atom. The highest BCUT2D eigenvalue weighted by molar-refractivity contribution is 7.09. The van der Waals surface area contributed by atoms with Gasteiger partial charge in [0.05, 0.1) is 11.1 Å². The smallest absolute Gasteiger partial charge is 0.206 e. The molecule has 0 aliphatic carbocycles. The maximum atomic E-state index is 14.6. The summed E-state index contributed by atoms with van der Waals surface area (Å²) < 4.78 is 97.6. The lowest BCUT2D eigenvalue weighted by molar-refractivity contribution is -0.137. The van der Waals surface area contributed by atoms with Crippen molar-refractivity contribution in [1.29, 1.82) is 0 Å². The van der Waals surface area contributed by atoms with Crippen LogP contribution in [0.15, 0.2) is 10.8 Å². The van der Waals surface area contributed by atoms with Crippen molar-refractivity contribution < 1.29 is 30.7 Å². The van der Waals surface area contributed by atoms with Gasteiger partial charge in [0.15, 0.2) is 17.5 Å². The molecule has 8 heteroatoms. The van der Waals surface area contributed by atoms with Gasteiger partial charge in [0.1, 0.15) is 5.82 Å². The van der Waals surface area contributed by atoms with E-state index in [4.69, 9.17) is 0 Å². The first-order valence-corrected chi connectivity index (χ1v) is 8.31. The molecule has 26 heavy (non-hydrogen) atoms. The number of thiophene rings is 1. The fraction of sp³-hybridized carbons (Fsp3) is 0.222. The molecule has 0 aliphatic heterocycles. The lowest BCUT2D eigenvalue weighted by Gasteiger charge is -2.21. The van der Waals surface area contributed by atoms with Gasteiger partial charge in [-0.05, 0) is 53.4 Å². The second kappa shape index (κ2) is 5.97. The molecule has 2 aromatic carbocycles. The summed E-state index contributed by atoms with van der Waals surface area (Å²) in [7, 11) is 0. The van der Waals surface area contributed by atoms with Crippen LogP contribution in [0.3, 0.4) is 0 Å². The Kier molecular flexibility index (Phi) is 4.29. The highest BCUT2D eigenvalue weighted by Crippen LogP contribution is 2.47. The monoisotopic (exact) mass is 392 g/mol. The van der Waals surface area contributed by atoms with Crippen LogP contribution < -0.4 is 0 Å². The molecule has 0 nitrogen and oxygen atoms in total. The molecule has 0 saturated carbocycles. The Morgan fingerprint density at radius 3 is 1.73 bits per heavy atom. The van der Waals surface area contributed by atoms with E-state index in [9.17, 15) is 30.7 Å². The van der Waals surface area contributed by atoms with Crippen LogP contribution in [0, 0.1) is 44.0 Å². The molecule has 138 valence electrons. The molecular formula is C18H11F7S. The van der Waals surface area contributed by atoms with E-state index < -0.39 is 51.7 Å². The molecular weight excluding hydrogens is 381 g/mol. The molecule has 0 fully saturated rings. The molecule has 0 atom stereocenters. The molecule has 1 heterocycles. The lowest BCUT2D eigenvalue weighted by Crippen LogP contribution is -2.14. The van der Waals surface area contributed by atoms with Gasteiger partial charge in [-0.25, -0.2) is 17.6 Å². The Bertz CT molecular complexity index is 1020. The SMILES string of the molecule is Cc1c(F)c(F)c(F)c(-c2c(C(F)(F)F)c(C)c3cscc3c2C)c1F. The quantitative estimate of drug-likeness (QED) is 0.236. The fourth-order valence-corrected chi connectivity index (χ4v) is 4.11. The average molecular weight is 392 g/mol. The minimum absolute atomic E-state index is 0.0533. The molecule has 0 aliphatic rings. The third-order valence-corrected chi connectivity index (χ3v) is 5.23. The Labute approximate surface area is 147 Å². The Balaban J connectivity index is 2.61. The number of alkyl halides is 3. The zero-order valence-electron chi connectivity index (χ0n) is 13.7. The second-order valence-electron chi connectivity index (χ2n) is 5.95. The molecule has 3 rings (SSSR count). The number of halogens is 7. The number of benzene rings is 2. The van der Waals surface area contributed by atoms with Gasteiger partial charge in [-0.1, -0.05) is 0 Å². The van der Waals surface area contributed by atoms with Crippen LogP contribution in [0.4, 0.5) is 30.7 Å². The highest BCUT2D eigenvalue weighted by atomic mass is 32.1. The van der Waals surface area contributed by atoms with Gasteiger partial charge in [-0.15, -0.1) is 0 Å². The zero-order valence-corrected chi connectivity index (χ0v) is 14.5. The van der Waals surface area contributed by atoms with E-state index in [0.717, 1.165) is 18.3 Å². The summed E-state index contributed by atoms with van der Waals surface area (Å²) in [6, 6.07) is 0. The number of fused-ring (bicyclic) bond motifs is 1. The largest absolute Gasteiger partial charge is 0.417 e. The van der Waals surface area contributed by atoms with Crippen LogP contribution in [0.5, 0.6) is 0 Å². The predicted molar refractivity (Wildman–Crippen MR) is 86.3 cm³/mol. The first kappa shape index (κ1) is 18.7. The van der Waals surface area contributed by atoms with Crippen LogP contribution in [0.25, 0.3) is 21.9 Å². The van der Waals surface area contributed by atoms with Crippen molar-refractivity contribution in [3.8, 4) is 11.1 Å². The van der Waals surface area contributed by atoms with Gasteiger partial charge >= 0.3 is 6.18 Å². The van der Waals surface area contributed by atoms with Crippen LogP contribution >= 0.6 is 11.3 Å². The van der Waals surface area contributed by atoms with E-state index in [1.165, 1.54) is 19.2 Å². The Hall–Kier alpha value is -2.09. The minimum Gasteiger partial charge on any atom is -0.206 e. The molecule has 0 amide bonds. The maximum Gasteiger partial charge on any atom is 0.417 e. The third-order valence-electron chi connectivity index (χ3n) is 4.49. The molecule has 0 radical (unpaired) electrons. The van der Waals surface area contributed by atoms with Crippen LogP contribution in [-0.2, 0) is 6.18 Å². The summed E-state index contributed by atoms with van der Waals surface area (Å²) in [4.78, 5) is 0. The first-order valence-electron chi connectivity index (χ1n) is 7.37. The molecule has 0 bridgehead atoms. The summed E-state index contributed by atoms with van der Waals surface area (Å²) in [5.41, 5.74) is -4.43. The fourth-order valence-electron chi connectivity index (χ4n) is 3.16. The van der Waals surface area contributed by atoms with Gasteiger partial charge < -0.3 is 0 Å². The van der Waals surface area contributed by atoms with Crippen molar-refractivity contribution >= 4 is 22.1 Å². The summed E-state index contributed by atoms with van der Waals surface area (Å²) in [5, 5.41) is 3.71. The molecule has 1 aromatic heterocycles. The van der Waals surface area contributed by atoms with Crippen molar-refractivity contribution in [2.45, 2.75) is 26.9 Å². The van der Waals surface area contributed by atoms with E-state index in [1.54, 1.807) is 5.38 Å². The van der Waals surface area contributed by atoms with E-state index in [2.05, 4.69) is 0 Å². The van der Waals surface area contributed by atoms with Crippen molar-refractivity contribution in [3.05, 3.63) is 56.3 Å². The second-order valence-corrected chi connectivity index (χ2v) is 6.70. The van der Waals surface area contributed by atoms with Crippen molar-refractivity contribution in [1.82, 2.24) is 0 Å². The molecule has 0 N–H and O–H groups in total. The average Bonchev–Trinajstić information content (AvgIpc) is 3.05. The lowest BCUT2D eigenvalue weighted by atomic mass is 9.86. The molecule has 0 unspecified atom stereocenters. The van der Waals surface area contributed by atoms with E-state index in [-0.39, 0.29) is 11.1 Å². The number of aryl methyl sites for hydroxylation is 2. The number of rotatable bonds is 1. The summed E-state index contributed by atoms with van der Waals surface area (Å²) >= 11 is 1.13. The number of hydrogen-bond acceptors (Lipinski definition) is 1.